The SMILES string of the molecule is Cn1c(CNC(=O)CCNS(=O)(=O)c2ccc3ccccc3c2)n[nH]c1=S. The number of amides is 1. The Kier molecular flexibility index (Phi) is 5.68. The van der Waals surface area contributed by atoms with Crippen LogP contribution in [0.25, 0.3) is 10.8 Å². The maximum atomic E-state index is 12.4. The van der Waals surface area contributed by atoms with E-state index in [9.17, 15) is 13.2 Å². The lowest BCUT2D eigenvalue weighted by Crippen LogP contribution is -2.31. The Morgan fingerprint density at radius 3 is 2.67 bits per heavy atom. The lowest BCUT2D eigenvalue weighted by atomic mass is 10.1. The highest BCUT2D eigenvalue weighted by atomic mass is 32.2. The Morgan fingerprint density at radius 2 is 1.96 bits per heavy atom. The highest BCUT2D eigenvalue weighted by Gasteiger charge is 2.15. The van der Waals surface area contributed by atoms with Gasteiger partial charge in [0.25, 0.3) is 0 Å². The summed E-state index contributed by atoms with van der Waals surface area (Å²) in [6.45, 7) is 0.208. The largest absolute Gasteiger partial charge is 0.349 e. The van der Waals surface area contributed by atoms with E-state index in [2.05, 4.69) is 20.2 Å². The number of nitrogens with one attached hydrogen (secondary N) is 3. The number of fused-ring (bicyclic) bond motifs is 1. The standard InChI is InChI=1S/C17H19N5O3S2/c1-22-15(20-21-17(22)26)11-18-16(23)8-9-19-27(24,25)14-7-6-12-4-2-3-5-13(12)10-14/h2-7,10,19H,8-9,11H2,1H3,(H,18,23)(H,21,26). The van der Waals surface area contributed by atoms with Crippen LogP contribution in [0.1, 0.15) is 12.2 Å². The van der Waals surface area contributed by atoms with E-state index < -0.39 is 10.0 Å². The van der Waals surface area contributed by atoms with E-state index >= 15 is 0 Å². The monoisotopic (exact) mass is 405 g/mol. The summed E-state index contributed by atoms with van der Waals surface area (Å²) < 4.78 is 29.4. The third kappa shape index (κ3) is 4.59. The van der Waals surface area contributed by atoms with Crippen LogP contribution >= 0.6 is 12.2 Å². The zero-order chi connectivity index (χ0) is 19.4. The number of H-pyrrole nitrogens is 1. The molecule has 0 radical (unpaired) electrons. The lowest BCUT2D eigenvalue weighted by Gasteiger charge is -2.08. The molecule has 142 valence electrons. The number of aromatic nitrogens is 3. The highest BCUT2D eigenvalue weighted by Crippen LogP contribution is 2.18. The predicted octanol–water partition coefficient (Wildman–Crippen LogP) is 1.62. The van der Waals surface area contributed by atoms with Crippen LogP contribution in [0.5, 0.6) is 0 Å². The molecule has 0 aliphatic heterocycles. The molecule has 1 amide bonds. The third-order valence-corrected chi connectivity index (χ3v) is 5.92. The van der Waals surface area contributed by atoms with Crippen LogP contribution in [0.2, 0.25) is 0 Å². The second-order valence-electron chi connectivity index (χ2n) is 5.94. The smallest absolute Gasteiger partial charge is 0.240 e. The van der Waals surface area contributed by atoms with Gasteiger partial charge < -0.3 is 9.88 Å². The molecule has 0 spiro atoms. The molecule has 0 saturated heterocycles. The Labute approximate surface area is 161 Å². The number of nitrogens with zero attached hydrogens (tertiary/aromatic N) is 2. The van der Waals surface area contributed by atoms with Gasteiger partial charge in [-0.2, -0.15) is 5.10 Å². The van der Waals surface area contributed by atoms with Crippen molar-refractivity contribution in [1.29, 1.82) is 0 Å². The van der Waals surface area contributed by atoms with E-state index in [1.807, 2.05) is 24.3 Å². The first kappa shape index (κ1) is 19.2. The Bertz CT molecular complexity index is 1130. The van der Waals surface area contributed by atoms with Gasteiger partial charge in [0.1, 0.15) is 0 Å². The van der Waals surface area contributed by atoms with Gasteiger partial charge in [-0.05, 0) is 35.1 Å². The van der Waals surface area contributed by atoms with E-state index in [-0.39, 0.29) is 30.3 Å². The van der Waals surface area contributed by atoms with Gasteiger partial charge in [0.15, 0.2) is 10.6 Å². The van der Waals surface area contributed by atoms with Crippen molar-refractivity contribution in [3.8, 4) is 0 Å². The lowest BCUT2D eigenvalue weighted by molar-refractivity contribution is -0.121. The van der Waals surface area contributed by atoms with Gasteiger partial charge in [0.2, 0.25) is 15.9 Å². The fourth-order valence-electron chi connectivity index (χ4n) is 2.52. The van der Waals surface area contributed by atoms with Crippen molar-refractivity contribution in [3.63, 3.8) is 0 Å². The van der Waals surface area contributed by atoms with Crippen molar-refractivity contribution in [1.82, 2.24) is 24.8 Å². The molecular weight excluding hydrogens is 386 g/mol. The van der Waals surface area contributed by atoms with Crippen LogP contribution in [0.4, 0.5) is 0 Å². The van der Waals surface area contributed by atoms with Gasteiger partial charge in [0, 0.05) is 20.0 Å². The topological polar surface area (TPSA) is 109 Å². The molecule has 1 aromatic heterocycles. The molecule has 0 bridgehead atoms. The fraction of sp³-hybridized carbons (Fsp3) is 0.235. The molecule has 0 saturated carbocycles. The number of carbonyl (C=O) groups is 1. The van der Waals surface area contributed by atoms with Crippen LogP contribution in [0.15, 0.2) is 47.4 Å². The number of rotatable bonds is 7. The first-order chi connectivity index (χ1) is 12.9. The number of carbonyl (C=O) groups excluding carboxylic acids is 1. The van der Waals surface area contributed by atoms with Crippen LogP contribution < -0.4 is 10.0 Å². The molecule has 1 heterocycles. The normalized spacial score (nSPS) is 11.6. The summed E-state index contributed by atoms with van der Waals surface area (Å²) in [6.07, 6.45) is 0.0156. The maximum absolute atomic E-state index is 12.4. The van der Waals surface area contributed by atoms with Crippen molar-refractivity contribution in [2.45, 2.75) is 17.9 Å². The molecule has 10 heteroatoms. The molecule has 8 nitrogen and oxygen atoms in total. The van der Waals surface area contributed by atoms with Gasteiger partial charge in [-0.3, -0.25) is 9.89 Å². The molecule has 0 atom stereocenters. The Morgan fingerprint density at radius 1 is 1.22 bits per heavy atom. The molecule has 3 rings (SSSR count). The minimum absolute atomic E-state index is 0.0000288. The van der Waals surface area contributed by atoms with Crippen LogP contribution in [-0.2, 0) is 28.4 Å². The highest BCUT2D eigenvalue weighted by molar-refractivity contribution is 7.89. The van der Waals surface area contributed by atoms with E-state index in [1.165, 1.54) is 0 Å². The summed E-state index contributed by atoms with van der Waals surface area (Å²) in [6, 6.07) is 12.4. The average molecular weight is 406 g/mol. The van der Waals surface area contributed by atoms with Crippen LogP contribution in [-0.4, -0.2) is 35.6 Å². The molecule has 2 aromatic carbocycles. The van der Waals surface area contributed by atoms with Gasteiger partial charge in [0.05, 0.1) is 11.4 Å². The van der Waals surface area contributed by atoms with Crippen molar-refractivity contribution in [2.24, 2.45) is 7.05 Å². The second-order valence-corrected chi connectivity index (χ2v) is 8.09. The van der Waals surface area contributed by atoms with Crippen molar-refractivity contribution in [3.05, 3.63) is 53.1 Å². The third-order valence-electron chi connectivity index (χ3n) is 4.09. The summed E-state index contributed by atoms with van der Waals surface area (Å²) in [7, 11) is -1.94. The average Bonchev–Trinajstić information content (AvgIpc) is 2.98. The molecule has 27 heavy (non-hydrogen) atoms. The number of aromatic amines is 1. The second kappa shape index (κ2) is 7.99. The van der Waals surface area contributed by atoms with Gasteiger partial charge >= 0.3 is 0 Å². The number of hydrogen-bond acceptors (Lipinski definition) is 5. The summed E-state index contributed by atoms with van der Waals surface area (Å²) in [4.78, 5) is 12.1. The Balaban J connectivity index is 1.54. The van der Waals surface area contributed by atoms with E-state index in [4.69, 9.17) is 12.2 Å². The van der Waals surface area contributed by atoms with Crippen molar-refractivity contribution in [2.75, 3.05) is 6.54 Å². The fourth-order valence-corrected chi connectivity index (χ4v) is 3.74. The van der Waals surface area contributed by atoms with Crippen LogP contribution in [0, 0.1) is 4.77 Å². The number of hydrogen-bond donors (Lipinski definition) is 3. The van der Waals surface area contributed by atoms with Gasteiger partial charge in [-0.1, -0.05) is 30.3 Å². The molecular formula is C17H19N5O3S2. The van der Waals surface area contributed by atoms with Gasteiger partial charge in [-0.15, -0.1) is 0 Å². The summed E-state index contributed by atoms with van der Waals surface area (Å²) >= 11 is 5.00. The first-order valence-corrected chi connectivity index (χ1v) is 10.1. The van der Waals surface area contributed by atoms with Crippen molar-refractivity contribution < 1.29 is 13.2 Å². The zero-order valence-electron chi connectivity index (χ0n) is 14.6. The van der Waals surface area contributed by atoms with Crippen molar-refractivity contribution >= 4 is 38.9 Å². The summed E-state index contributed by atoms with van der Waals surface area (Å²) in [5.74, 6) is 0.301. The molecule has 3 aromatic rings. The minimum Gasteiger partial charge on any atom is -0.349 e. The van der Waals surface area contributed by atoms with E-state index in [0.29, 0.717) is 10.6 Å². The molecule has 0 unspecified atom stereocenters. The Hall–Kier alpha value is -2.56. The minimum atomic E-state index is -3.68. The number of benzene rings is 2. The quantitative estimate of drug-likeness (QED) is 0.518. The predicted molar refractivity (Wildman–Crippen MR) is 104 cm³/mol. The molecule has 3 N–H and O–H groups in total. The molecule has 0 aliphatic rings. The maximum Gasteiger partial charge on any atom is 0.240 e. The molecule has 0 fully saturated rings. The van der Waals surface area contributed by atoms with Crippen LogP contribution in [0.3, 0.4) is 0 Å². The van der Waals surface area contributed by atoms with Gasteiger partial charge in [-0.25, -0.2) is 13.1 Å². The van der Waals surface area contributed by atoms with E-state index in [0.717, 1.165) is 10.8 Å². The summed E-state index contributed by atoms with van der Waals surface area (Å²) in [5, 5.41) is 11.1. The summed E-state index contributed by atoms with van der Waals surface area (Å²) in [5.41, 5.74) is 0. The zero-order valence-corrected chi connectivity index (χ0v) is 16.2. The first-order valence-electron chi connectivity index (χ1n) is 8.22. The van der Waals surface area contributed by atoms with E-state index in [1.54, 1.807) is 29.8 Å². The molecule has 0 aliphatic carbocycles. The number of sulfonamides is 1.